The van der Waals surface area contributed by atoms with Crippen LogP contribution in [0.25, 0.3) is 0 Å². The number of hydrogen-bond donors (Lipinski definition) is 1. The quantitative estimate of drug-likeness (QED) is 0.303. The van der Waals surface area contributed by atoms with Gasteiger partial charge in [-0.2, -0.15) is 4.02 Å². The summed E-state index contributed by atoms with van der Waals surface area (Å²) >= 11 is 3.28. The molecule has 0 amide bonds. The van der Waals surface area contributed by atoms with Crippen molar-refractivity contribution in [3.63, 3.8) is 0 Å². The minimum atomic E-state index is -0.293. The fourth-order valence-electron chi connectivity index (χ4n) is 4.49. The van der Waals surface area contributed by atoms with Crippen molar-refractivity contribution in [3.8, 4) is 5.75 Å². The fourth-order valence-corrected chi connectivity index (χ4v) is 4.90. The number of Topliss-reactive ketones (excluding diaryl/α,β-unsaturated/α-hetero) is 1. The van der Waals surface area contributed by atoms with E-state index in [1.165, 1.54) is 11.1 Å². The molecular formula is C30H40BrN3O2. The lowest BCUT2D eigenvalue weighted by Crippen LogP contribution is -2.28. The average molecular weight is 555 g/mol. The van der Waals surface area contributed by atoms with E-state index in [0.29, 0.717) is 17.7 Å². The molecule has 0 fully saturated rings. The van der Waals surface area contributed by atoms with Crippen LogP contribution in [0, 0.1) is 0 Å². The van der Waals surface area contributed by atoms with Crippen LogP contribution in [0.1, 0.15) is 93.9 Å². The predicted octanol–water partition coefficient (Wildman–Crippen LogP) is 7.07. The SMILES string of the molecule is CCCCc1ccccc1Cn1ccn(CC(=O)c2cc(C(C)(C)C)c(O)c(C(C)(C)C)c2)/c1=N\Br. The molecule has 5 nitrogen and oxygen atoms in total. The summed E-state index contributed by atoms with van der Waals surface area (Å²) < 4.78 is 8.27. The molecule has 0 aliphatic rings. The van der Waals surface area contributed by atoms with Gasteiger partial charge in [-0.05, 0) is 46.9 Å². The lowest BCUT2D eigenvalue weighted by molar-refractivity contribution is 0.0970. The third-order valence-corrected chi connectivity index (χ3v) is 6.95. The molecule has 0 radical (unpaired) electrons. The number of carbonyl (C=O) groups excluding carboxylic acids is 1. The summed E-state index contributed by atoms with van der Waals surface area (Å²) in [5.74, 6) is 0.262. The van der Waals surface area contributed by atoms with Gasteiger partial charge in [0, 0.05) is 29.1 Å². The molecule has 0 aliphatic carbocycles. The van der Waals surface area contributed by atoms with Crippen molar-refractivity contribution in [2.24, 2.45) is 4.02 Å². The van der Waals surface area contributed by atoms with Crippen LogP contribution in [0.5, 0.6) is 5.75 Å². The van der Waals surface area contributed by atoms with Gasteiger partial charge < -0.3 is 14.2 Å². The summed E-state index contributed by atoms with van der Waals surface area (Å²) in [7, 11) is 0. The van der Waals surface area contributed by atoms with Crippen LogP contribution >= 0.6 is 16.1 Å². The summed E-state index contributed by atoms with van der Waals surface area (Å²) in [5.41, 5.74) is 4.89. The molecule has 6 heteroatoms. The Morgan fingerprint density at radius 1 is 0.944 bits per heavy atom. The van der Waals surface area contributed by atoms with Gasteiger partial charge in [-0.15, -0.1) is 0 Å². The highest BCUT2D eigenvalue weighted by molar-refractivity contribution is 9.08. The van der Waals surface area contributed by atoms with E-state index in [-0.39, 0.29) is 28.9 Å². The number of carbonyl (C=O) groups is 1. The van der Waals surface area contributed by atoms with Gasteiger partial charge in [0.05, 0.1) is 29.2 Å². The molecule has 194 valence electrons. The normalized spacial score (nSPS) is 12.8. The van der Waals surface area contributed by atoms with Crippen molar-refractivity contribution < 1.29 is 9.90 Å². The number of rotatable bonds is 8. The summed E-state index contributed by atoms with van der Waals surface area (Å²) in [4.78, 5) is 13.5. The predicted molar refractivity (Wildman–Crippen MR) is 151 cm³/mol. The first-order valence-corrected chi connectivity index (χ1v) is 13.5. The van der Waals surface area contributed by atoms with E-state index < -0.39 is 0 Å². The van der Waals surface area contributed by atoms with E-state index in [4.69, 9.17) is 0 Å². The molecule has 0 bridgehead atoms. The first-order chi connectivity index (χ1) is 16.9. The maximum Gasteiger partial charge on any atom is 0.217 e. The molecule has 36 heavy (non-hydrogen) atoms. The Balaban J connectivity index is 1.95. The van der Waals surface area contributed by atoms with E-state index in [1.54, 1.807) is 0 Å². The second-order valence-corrected chi connectivity index (χ2v) is 12.0. The molecule has 0 unspecified atom stereocenters. The average Bonchev–Trinajstić information content (AvgIpc) is 3.17. The Bertz CT molecular complexity index is 1250. The molecule has 1 heterocycles. The van der Waals surface area contributed by atoms with Crippen molar-refractivity contribution >= 4 is 21.9 Å². The molecule has 0 spiro atoms. The standard InChI is InChI=1S/C30H40BrN3O2/c1-8-9-12-21-13-10-11-14-22(21)19-33-15-16-34(28(33)32-31)20-26(35)23-17-24(29(2,3)4)27(36)25(18-23)30(5,6)7/h10-11,13-18,36H,8-9,12,19-20H2,1-7H3/b32-28-. The molecule has 2 aromatic carbocycles. The number of benzene rings is 2. The van der Waals surface area contributed by atoms with E-state index in [0.717, 1.165) is 30.4 Å². The van der Waals surface area contributed by atoms with Crippen molar-refractivity contribution in [3.05, 3.63) is 82.2 Å². The Hall–Kier alpha value is -2.60. The van der Waals surface area contributed by atoms with E-state index in [1.807, 2.05) is 29.1 Å². The van der Waals surface area contributed by atoms with Crippen LogP contribution in [0.3, 0.4) is 0 Å². The number of phenolic OH excluding ortho intramolecular Hbond substituents is 1. The molecule has 0 saturated heterocycles. The topological polar surface area (TPSA) is 59.5 Å². The number of hydrogen-bond acceptors (Lipinski definition) is 3. The van der Waals surface area contributed by atoms with Gasteiger partial charge in [0.25, 0.3) is 0 Å². The van der Waals surface area contributed by atoms with Crippen LogP contribution in [-0.4, -0.2) is 20.0 Å². The number of imidazole rings is 1. The number of unbranched alkanes of at least 4 members (excludes halogenated alkanes) is 1. The highest BCUT2D eigenvalue weighted by Crippen LogP contribution is 2.39. The van der Waals surface area contributed by atoms with Crippen molar-refractivity contribution in [2.75, 3.05) is 0 Å². The molecule has 1 aromatic heterocycles. The molecule has 0 saturated carbocycles. The molecule has 0 aliphatic heterocycles. The number of aryl methyl sites for hydroxylation is 1. The Labute approximate surface area is 224 Å². The zero-order chi connectivity index (χ0) is 26.7. The van der Waals surface area contributed by atoms with Gasteiger partial charge in [-0.25, -0.2) is 0 Å². The molecule has 1 N–H and O–H groups in total. The second kappa shape index (κ2) is 11.2. The zero-order valence-corrected chi connectivity index (χ0v) is 24.3. The third kappa shape index (κ3) is 6.39. The summed E-state index contributed by atoms with van der Waals surface area (Å²) in [6.07, 6.45) is 7.25. The minimum absolute atomic E-state index is 0.0190. The van der Waals surface area contributed by atoms with Crippen LogP contribution in [-0.2, 0) is 30.3 Å². The number of halogens is 1. The number of aromatic hydroxyl groups is 1. The fraction of sp³-hybridized carbons (Fsp3) is 0.467. The molecule has 3 rings (SSSR count). The van der Waals surface area contributed by atoms with Gasteiger partial charge in [0.1, 0.15) is 5.75 Å². The van der Waals surface area contributed by atoms with E-state index in [9.17, 15) is 9.90 Å². The van der Waals surface area contributed by atoms with E-state index >= 15 is 0 Å². The van der Waals surface area contributed by atoms with Gasteiger partial charge in [0.15, 0.2) is 5.78 Å². The number of phenols is 1. The Morgan fingerprint density at radius 2 is 1.50 bits per heavy atom. The maximum absolute atomic E-state index is 13.5. The smallest absolute Gasteiger partial charge is 0.217 e. The first-order valence-electron chi connectivity index (χ1n) is 12.7. The lowest BCUT2D eigenvalue weighted by Gasteiger charge is -2.28. The van der Waals surface area contributed by atoms with Crippen molar-refractivity contribution in [1.82, 2.24) is 9.13 Å². The molecule has 3 aromatic rings. The van der Waals surface area contributed by atoms with Crippen LogP contribution in [0.4, 0.5) is 0 Å². The maximum atomic E-state index is 13.5. The highest BCUT2D eigenvalue weighted by Gasteiger charge is 2.28. The lowest BCUT2D eigenvalue weighted by atomic mass is 9.78. The second-order valence-electron chi connectivity index (χ2n) is 11.7. The van der Waals surface area contributed by atoms with Gasteiger partial charge in [-0.3, -0.25) is 4.79 Å². The van der Waals surface area contributed by atoms with Crippen LogP contribution in [0.15, 0.2) is 52.8 Å². The van der Waals surface area contributed by atoms with Crippen LogP contribution < -0.4 is 5.62 Å². The van der Waals surface area contributed by atoms with Gasteiger partial charge >= 0.3 is 0 Å². The highest BCUT2D eigenvalue weighted by atomic mass is 79.9. The summed E-state index contributed by atoms with van der Waals surface area (Å²) in [5, 5.41) is 11.0. The van der Waals surface area contributed by atoms with Gasteiger partial charge in [0.2, 0.25) is 5.62 Å². The molecular weight excluding hydrogens is 514 g/mol. The summed E-state index contributed by atoms with van der Waals surface area (Å²) in [6.45, 7) is 15.4. The summed E-state index contributed by atoms with van der Waals surface area (Å²) in [6, 6.07) is 12.2. The third-order valence-electron chi connectivity index (χ3n) is 6.64. The number of nitrogens with zero attached hydrogens (tertiary/aromatic N) is 3. The Kier molecular flexibility index (Phi) is 8.71. The van der Waals surface area contributed by atoms with Crippen molar-refractivity contribution in [2.45, 2.75) is 91.6 Å². The zero-order valence-electron chi connectivity index (χ0n) is 22.7. The largest absolute Gasteiger partial charge is 0.507 e. The minimum Gasteiger partial charge on any atom is -0.507 e. The van der Waals surface area contributed by atoms with Crippen molar-refractivity contribution in [1.29, 1.82) is 0 Å². The number of ketones is 1. The monoisotopic (exact) mass is 553 g/mol. The first kappa shape index (κ1) is 28.0. The van der Waals surface area contributed by atoms with Crippen LogP contribution in [0.2, 0.25) is 0 Å². The van der Waals surface area contributed by atoms with E-state index in [2.05, 4.69) is 97.5 Å². The molecule has 0 atom stereocenters. The van der Waals surface area contributed by atoms with Gasteiger partial charge in [-0.1, -0.05) is 79.2 Å². The number of aromatic nitrogens is 2. The Morgan fingerprint density at radius 3 is 2.03 bits per heavy atom.